The van der Waals surface area contributed by atoms with Crippen LogP contribution in [-0.4, -0.2) is 49.2 Å². The van der Waals surface area contributed by atoms with E-state index < -0.39 is 11.9 Å². The molecule has 2 rings (SSSR count). The Morgan fingerprint density at radius 3 is 2.41 bits per heavy atom. The lowest BCUT2D eigenvalue weighted by Crippen LogP contribution is -2.42. The summed E-state index contributed by atoms with van der Waals surface area (Å²) in [4.78, 5) is 35.3. The van der Waals surface area contributed by atoms with Crippen molar-refractivity contribution in [1.82, 2.24) is 10.6 Å². The first-order valence-electron chi connectivity index (χ1n) is 9.35. The molecule has 0 aromatic heterocycles. The number of hydrogen-bond acceptors (Lipinski definition) is 4. The molecule has 1 atom stereocenters. The van der Waals surface area contributed by atoms with Gasteiger partial charge in [-0.25, -0.2) is 0 Å². The first-order valence-corrected chi connectivity index (χ1v) is 9.35. The van der Waals surface area contributed by atoms with E-state index in [1.54, 1.807) is 0 Å². The molecule has 1 heterocycles. The summed E-state index contributed by atoms with van der Waals surface area (Å²) in [5.74, 6) is -2.12. The van der Waals surface area contributed by atoms with Crippen molar-refractivity contribution in [2.45, 2.75) is 32.6 Å². The van der Waals surface area contributed by atoms with Crippen LogP contribution < -0.4 is 10.6 Å². The van der Waals surface area contributed by atoms with Crippen molar-refractivity contribution in [2.75, 3.05) is 26.3 Å². The highest BCUT2D eigenvalue weighted by molar-refractivity contribution is 5.85. The van der Waals surface area contributed by atoms with Gasteiger partial charge in [0.15, 0.2) is 0 Å². The molecule has 0 saturated carbocycles. The van der Waals surface area contributed by atoms with Gasteiger partial charge in [-0.1, -0.05) is 29.8 Å². The Balaban J connectivity index is 1.67. The summed E-state index contributed by atoms with van der Waals surface area (Å²) in [7, 11) is 0. The van der Waals surface area contributed by atoms with E-state index in [2.05, 4.69) is 10.6 Å². The Morgan fingerprint density at radius 2 is 1.78 bits per heavy atom. The molecule has 1 aliphatic heterocycles. The minimum Gasteiger partial charge on any atom is -0.481 e. The summed E-state index contributed by atoms with van der Waals surface area (Å²) in [6, 6.07) is 7.96. The van der Waals surface area contributed by atoms with Gasteiger partial charge >= 0.3 is 5.97 Å². The second-order valence-electron chi connectivity index (χ2n) is 6.96. The first-order chi connectivity index (χ1) is 13.0. The Bertz CT molecular complexity index is 638. The fourth-order valence-electron chi connectivity index (χ4n) is 3.14. The molecule has 1 saturated heterocycles. The van der Waals surface area contributed by atoms with Gasteiger partial charge in [0.25, 0.3) is 0 Å². The first kappa shape index (κ1) is 20.9. The molecule has 1 aromatic rings. The largest absolute Gasteiger partial charge is 0.481 e. The van der Waals surface area contributed by atoms with Crippen molar-refractivity contribution in [3.63, 3.8) is 0 Å². The number of carboxylic acids is 1. The van der Waals surface area contributed by atoms with Gasteiger partial charge in [-0.3, -0.25) is 14.4 Å². The third kappa shape index (κ3) is 7.38. The Hall–Kier alpha value is -2.41. The quantitative estimate of drug-likeness (QED) is 0.602. The number of hydrogen-bond donors (Lipinski definition) is 3. The van der Waals surface area contributed by atoms with Crippen LogP contribution in [0.2, 0.25) is 0 Å². The van der Waals surface area contributed by atoms with Crippen LogP contribution in [0, 0.1) is 18.8 Å². The van der Waals surface area contributed by atoms with Gasteiger partial charge < -0.3 is 20.5 Å². The fourth-order valence-corrected chi connectivity index (χ4v) is 3.14. The highest BCUT2D eigenvalue weighted by Gasteiger charge is 2.29. The normalized spacial score (nSPS) is 15.7. The molecular formula is C20H28N2O5. The maximum absolute atomic E-state index is 11.9. The standard InChI is InChI=1S/C20H28N2O5/c1-14-2-4-15(5-3-14)6-7-18(23)22-13-19(24)21-12-17(20(25)26)16-8-10-27-11-9-16/h2-5,16-17H,6-13H2,1H3,(H,21,24)(H,22,23)(H,25,26). The van der Waals surface area contributed by atoms with E-state index in [0.29, 0.717) is 38.9 Å². The number of rotatable bonds is 9. The van der Waals surface area contributed by atoms with E-state index in [-0.39, 0.29) is 30.8 Å². The highest BCUT2D eigenvalue weighted by atomic mass is 16.5. The number of aryl methyl sites for hydroxylation is 2. The molecule has 0 radical (unpaired) electrons. The van der Waals surface area contributed by atoms with Gasteiger partial charge in [0.2, 0.25) is 11.8 Å². The molecule has 1 unspecified atom stereocenters. The van der Waals surface area contributed by atoms with E-state index in [1.807, 2.05) is 31.2 Å². The van der Waals surface area contributed by atoms with Crippen LogP contribution in [0.15, 0.2) is 24.3 Å². The molecule has 7 heteroatoms. The summed E-state index contributed by atoms with van der Waals surface area (Å²) in [5.41, 5.74) is 2.24. The van der Waals surface area contributed by atoms with Gasteiger partial charge in [-0.15, -0.1) is 0 Å². The lowest BCUT2D eigenvalue weighted by molar-refractivity contribution is -0.145. The average Bonchev–Trinajstić information content (AvgIpc) is 2.66. The van der Waals surface area contributed by atoms with E-state index in [9.17, 15) is 19.5 Å². The predicted molar refractivity (Wildman–Crippen MR) is 100 cm³/mol. The van der Waals surface area contributed by atoms with E-state index >= 15 is 0 Å². The van der Waals surface area contributed by atoms with Crippen LogP contribution in [-0.2, 0) is 25.5 Å². The third-order valence-electron chi connectivity index (χ3n) is 4.88. The van der Waals surface area contributed by atoms with E-state index in [0.717, 1.165) is 5.56 Å². The predicted octanol–water partition coefficient (Wildman–Crippen LogP) is 1.29. The van der Waals surface area contributed by atoms with Crippen LogP contribution in [0.3, 0.4) is 0 Å². The average molecular weight is 376 g/mol. The Morgan fingerprint density at radius 1 is 1.11 bits per heavy atom. The van der Waals surface area contributed by atoms with Crippen LogP contribution in [0.1, 0.15) is 30.4 Å². The second-order valence-corrected chi connectivity index (χ2v) is 6.96. The molecule has 0 spiro atoms. The number of amides is 2. The van der Waals surface area contributed by atoms with Gasteiger partial charge in [-0.2, -0.15) is 0 Å². The number of aliphatic carboxylic acids is 1. The van der Waals surface area contributed by atoms with E-state index in [4.69, 9.17) is 4.74 Å². The molecule has 27 heavy (non-hydrogen) atoms. The maximum atomic E-state index is 11.9. The van der Waals surface area contributed by atoms with Crippen molar-refractivity contribution in [1.29, 1.82) is 0 Å². The van der Waals surface area contributed by atoms with Gasteiger partial charge in [-0.05, 0) is 37.7 Å². The Labute approximate surface area is 159 Å². The minimum absolute atomic E-state index is 0.000602. The molecular weight excluding hydrogens is 348 g/mol. The maximum Gasteiger partial charge on any atom is 0.308 e. The van der Waals surface area contributed by atoms with Crippen LogP contribution in [0.25, 0.3) is 0 Å². The molecule has 1 aromatic carbocycles. The van der Waals surface area contributed by atoms with Crippen molar-refractivity contribution < 1.29 is 24.2 Å². The summed E-state index contributed by atoms with van der Waals surface area (Å²) < 4.78 is 5.25. The molecule has 148 valence electrons. The second kappa shape index (κ2) is 10.7. The Kier molecular flexibility index (Phi) is 8.26. The van der Waals surface area contributed by atoms with Crippen LogP contribution >= 0.6 is 0 Å². The third-order valence-corrected chi connectivity index (χ3v) is 4.88. The zero-order valence-electron chi connectivity index (χ0n) is 15.7. The summed E-state index contributed by atoms with van der Waals surface area (Å²) in [6.07, 6.45) is 2.28. The number of nitrogens with one attached hydrogen (secondary N) is 2. The van der Waals surface area contributed by atoms with Crippen molar-refractivity contribution in [3.05, 3.63) is 35.4 Å². The minimum atomic E-state index is -0.913. The molecule has 1 fully saturated rings. The lowest BCUT2D eigenvalue weighted by Gasteiger charge is -2.27. The number of carboxylic acid groups (broad SMARTS) is 1. The number of ether oxygens (including phenoxy) is 1. The lowest BCUT2D eigenvalue weighted by atomic mass is 9.86. The molecule has 3 N–H and O–H groups in total. The van der Waals surface area contributed by atoms with Gasteiger partial charge in [0, 0.05) is 26.2 Å². The van der Waals surface area contributed by atoms with Crippen molar-refractivity contribution >= 4 is 17.8 Å². The van der Waals surface area contributed by atoms with Crippen LogP contribution in [0.4, 0.5) is 0 Å². The van der Waals surface area contributed by atoms with Gasteiger partial charge in [0.05, 0.1) is 12.5 Å². The monoisotopic (exact) mass is 376 g/mol. The summed E-state index contributed by atoms with van der Waals surface area (Å²) in [6.45, 7) is 3.04. The SMILES string of the molecule is Cc1ccc(CCC(=O)NCC(=O)NCC(C(=O)O)C2CCOCC2)cc1. The summed E-state index contributed by atoms with van der Waals surface area (Å²) in [5, 5.41) is 14.6. The molecule has 1 aliphatic rings. The highest BCUT2D eigenvalue weighted by Crippen LogP contribution is 2.23. The summed E-state index contributed by atoms with van der Waals surface area (Å²) >= 11 is 0. The topological polar surface area (TPSA) is 105 Å². The molecule has 2 amide bonds. The zero-order chi connectivity index (χ0) is 19.6. The number of benzene rings is 1. The molecule has 7 nitrogen and oxygen atoms in total. The van der Waals surface area contributed by atoms with Crippen molar-refractivity contribution in [2.24, 2.45) is 11.8 Å². The number of carbonyl (C=O) groups excluding carboxylic acids is 2. The fraction of sp³-hybridized carbons (Fsp3) is 0.550. The van der Waals surface area contributed by atoms with Gasteiger partial charge in [0.1, 0.15) is 0 Å². The smallest absolute Gasteiger partial charge is 0.308 e. The van der Waals surface area contributed by atoms with Crippen LogP contribution in [0.5, 0.6) is 0 Å². The molecule has 0 bridgehead atoms. The molecule has 0 aliphatic carbocycles. The number of carbonyl (C=O) groups is 3. The van der Waals surface area contributed by atoms with E-state index in [1.165, 1.54) is 5.56 Å². The zero-order valence-corrected chi connectivity index (χ0v) is 15.7. The van der Waals surface area contributed by atoms with Crippen molar-refractivity contribution in [3.8, 4) is 0 Å².